The van der Waals surface area contributed by atoms with Gasteiger partial charge in [0.2, 0.25) is 0 Å². The van der Waals surface area contributed by atoms with Gasteiger partial charge < -0.3 is 4.74 Å². The lowest BCUT2D eigenvalue weighted by Gasteiger charge is -2.24. The molecule has 0 bridgehead atoms. The SMILES string of the molecule is O=C(CCCC(F)(F)F)C1COc2ccccc2C1. The van der Waals surface area contributed by atoms with E-state index < -0.39 is 12.6 Å². The number of ketones is 1. The molecule has 1 heterocycles. The Balaban J connectivity index is 1.85. The first-order chi connectivity index (χ1) is 8.96. The van der Waals surface area contributed by atoms with E-state index in [1.165, 1.54) is 0 Å². The number of rotatable bonds is 4. The number of ether oxygens (including phenoxy) is 1. The maximum absolute atomic E-state index is 12.0. The first kappa shape index (κ1) is 13.9. The molecule has 0 aromatic heterocycles. The number of carbonyl (C=O) groups is 1. The third-order valence-corrected chi connectivity index (χ3v) is 3.22. The van der Waals surface area contributed by atoms with E-state index in [1.54, 1.807) is 0 Å². The zero-order chi connectivity index (χ0) is 13.9. The minimum absolute atomic E-state index is 0.0320. The molecule has 104 valence electrons. The number of hydrogen-bond acceptors (Lipinski definition) is 2. The monoisotopic (exact) mass is 272 g/mol. The summed E-state index contributed by atoms with van der Waals surface area (Å²) in [5, 5.41) is 0. The molecule has 1 atom stereocenters. The normalized spacial score (nSPS) is 18.6. The van der Waals surface area contributed by atoms with Crippen molar-refractivity contribution in [3.8, 4) is 5.75 Å². The van der Waals surface area contributed by atoms with Crippen LogP contribution in [0.4, 0.5) is 13.2 Å². The minimum atomic E-state index is -4.18. The lowest BCUT2D eigenvalue weighted by atomic mass is 9.91. The second-order valence-corrected chi connectivity index (χ2v) is 4.75. The number of para-hydroxylation sites is 1. The fourth-order valence-corrected chi connectivity index (χ4v) is 2.20. The molecule has 0 spiro atoms. The van der Waals surface area contributed by atoms with Gasteiger partial charge in [0.15, 0.2) is 0 Å². The third kappa shape index (κ3) is 3.98. The molecule has 1 aromatic carbocycles. The van der Waals surface area contributed by atoms with E-state index in [4.69, 9.17) is 4.74 Å². The van der Waals surface area contributed by atoms with Gasteiger partial charge in [-0.25, -0.2) is 0 Å². The quantitative estimate of drug-likeness (QED) is 0.838. The molecule has 0 N–H and O–H groups in total. The molecule has 5 heteroatoms. The summed E-state index contributed by atoms with van der Waals surface area (Å²) in [5.41, 5.74) is 0.947. The highest BCUT2D eigenvalue weighted by atomic mass is 19.4. The van der Waals surface area contributed by atoms with Crippen molar-refractivity contribution < 1.29 is 22.7 Å². The smallest absolute Gasteiger partial charge is 0.389 e. The fraction of sp³-hybridized carbons (Fsp3) is 0.500. The van der Waals surface area contributed by atoms with Gasteiger partial charge in [0.05, 0.1) is 12.5 Å². The average Bonchev–Trinajstić information content (AvgIpc) is 2.36. The Bertz CT molecular complexity index is 454. The summed E-state index contributed by atoms with van der Waals surface area (Å²) in [7, 11) is 0. The van der Waals surface area contributed by atoms with Crippen LogP contribution in [0.15, 0.2) is 24.3 Å². The van der Waals surface area contributed by atoms with Crippen LogP contribution in [-0.2, 0) is 11.2 Å². The van der Waals surface area contributed by atoms with E-state index in [9.17, 15) is 18.0 Å². The molecule has 1 unspecified atom stereocenters. The van der Waals surface area contributed by atoms with Crippen molar-refractivity contribution in [2.75, 3.05) is 6.61 Å². The van der Waals surface area contributed by atoms with E-state index in [0.717, 1.165) is 11.3 Å². The number of carbonyl (C=O) groups excluding carboxylic acids is 1. The first-order valence-corrected chi connectivity index (χ1v) is 6.26. The molecule has 0 radical (unpaired) electrons. The number of halogens is 3. The van der Waals surface area contributed by atoms with Crippen LogP contribution in [-0.4, -0.2) is 18.6 Å². The van der Waals surface area contributed by atoms with Crippen LogP contribution < -0.4 is 4.74 Å². The lowest BCUT2D eigenvalue weighted by Crippen LogP contribution is -2.28. The molecule has 2 nitrogen and oxygen atoms in total. The van der Waals surface area contributed by atoms with E-state index in [2.05, 4.69) is 0 Å². The number of hydrogen-bond donors (Lipinski definition) is 0. The molecule has 0 amide bonds. The van der Waals surface area contributed by atoms with Crippen molar-refractivity contribution in [1.29, 1.82) is 0 Å². The van der Waals surface area contributed by atoms with Gasteiger partial charge in [-0.2, -0.15) is 13.2 Å². The molecule has 0 fully saturated rings. The van der Waals surface area contributed by atoms with Crippen molar-refractivity contribution in [2.45, 2.75) is 31.9 Å². The summed E-state index contributed by atoms with van der Waals surface area (Å²) in [6, 6.07) is 7.42. The van der Waals surface area contributed by atoms with Crippen molar-refractivity contribution in [3.05, 3.63) is 29.8 Å². The van der Waals surface area contributed by atoms with Crippen LogP contribution in [0.2, 0.25) is 0 Å². The van der Waals surface area contributed by atoms with Gasteiger partial charge in [0.1, 0.15) is 11.5 Å². The molecule has 19 heavy (non-hydrogen) atoms. The predicted molar refractivity (Wildman–Crippen MR) is 64.0 cm³/mol. The van der Waals surface area contributed by atoms with Crippen LogP contribution in [0.5, 0.6) is 5.75 Å². The second-order valence-electron chi connectivity index (χ2n) is 4.75. The molecule has 0 saturated heterocycles. The Morgan fingerprint density at radius 1 is 1.32 bits per heavy atom. The highest BCUT2D eigenvalue weighted by Crippen LogP contribution is 2.28. The molecule has 1 aliphatic heterocycles. The summed E-state index contributed by atoms with van der Waals surface area (Å²) < 4.78 is 41.5. The Morgan fingerprint density at radius 2 is 2.05 bits per heavy atom. The lowest BCUT2D eigenvalue weighted by molar-refractivity contribution is -0.137. The Kier molecular flexibility index (Phi) is 4.12. The zero-order valence-electron chi connectivity index (χ0n) is 10.4. The van der Waals surface area contributed by atoms with Gasteiger partial charge in [-0.1, -0.05) is 18.2 Å². The third-order valence-electron chi connectivity index (χ3n) is 3.22. The predicted octanol–water partition coefficient (Wildman–Crippen LogP) is 3.54. The maximum atomic E-state index is 12.0. The summed E-state index contributed by atoms with van der Waals surface area (Å²) in [6.45, 7) is 0.266. The van der Waals surface area contributed by atoms with E-state index >= 15 is 0 Å². The van der Waals surface area contributed by atoms with E-state index in [0.29, 0.717) is 6.42 Å². The van der Waals surface area contributed by atoms with Crippen molar-refractivity contribution in [1.82, 2.24) is 0 Å². The average molecular weight is 272 g/mol. The van der Waals surface area contributed by atoms with Crippen LogP contribution in [0.3, 0.4) is 0 Å². The number of Topliss-reactive ketones (excluding diaryl/α,β-unsaturated/α-hetero) is 1. The number of fused-ring (bicyclic) bond motifs is 1. The Morgan fingerprint density at radius 3 is 2.79 bits per heavy atom. The molecule has 0 saturated carbocycles. The van der Waals surface area contributed by atoms with Gasteiger partial charge in [-0.3, -0.25) is 4.79 Å². The zero-order valence-corrected chi connectivity index (χ0v) is 10.4. The minimum Gasteiger partial charge on any atom is -0.493 e. The summed E-state index contributed by atoms with van der Waals surface area (Å²) in [6.07, 6.45) is -4.70. The van der Waals surface area contributed by atoms with Gasteiger partial charge >= 0.3 is 6.18 Å². The molecular formula is C14H15F3O2. The van der Waals surface area contributed by atoms with Crippen molar-refractivity contribution in [2.24, 2.45) is 5.92 Å². The molecule has 1 aliphatic rings. The van der Waals surface area contributed by atoms with Crippen LogP contribution in [0.1, 0.15) is 24.8 Å². The highest BCUT2D eigenvalue weighted by Gasteiger charge is 2.29. The van der Waals surface area contributed by atoms with Crippen LogP contribution in [0.25, 0.3) is 0 Å². The van der Waals surface area contributed by atoms with E-state index in [-0.39, 0.29) is 31.1 Å². The second kappa shape index (κ2) is 5.63. The van der Waals surface area contributed by atoms with Gasteiger partial charge in [-0.05, 0) is 24.5 Å². The van der Waals surface area contributed by atoms with Crippen LogP contribution >= 0.6 is 0 Å². The standard InChI is InChI=1S/C14H15F3O2/c15-14(16,17)7-3-5-12(18)11-8-10-4-1-2-6-13(10)19-9-11/h1-2,4,6,11H,3,5,7-9H2. The van der Waals surface area contributed by atoms with Crippen molar-refractivity contribution >= 4 is 5.78 Å². The molecule has 0 aliphatic carbocycles. The Labute approximate surface area is 109 Å². The summed E-state index contributed by atoms with van der Waals surface area (Å²) in [5.74, 6) is 0.309. The summed E-state index contributed by atoms with van der Waals surface area (Å²) >= 11 is 0. The first-order valence-electron chi connectivity index (χ1n) is 6.26. The van der Waals surface area contributed by atoms with Gasteiger partial charge in [0.25, 0.3) is 0 Å². The molecular weight excluding hydrogens is 257 g/mol. The topological polar surface area (TPSA) is 26.3 Å². The molecule has 1 aromatic rings. The summed E-state index contributed by atoms with van der Waals surface area (Å²) in [4.78, 5) is 11.8. The number of benzene rings is 1. The van der Waals surface area contributed by atoms with Gasteiger partial charge in [0, 0.05) is 12.8 Å². The maximum Gasteiger partial charge on any atom is 0.389 e. The highest BCUT2D eigenvalue weighted by molar-refractivity contribution is 5.81. The van der Waals surface area contributed by atoms with Gasteiger partial charge in [-0.15, -0.1) is 0 Å². The number of alkyl halides is 3. The molecule has 2 rings (SSSR count). The largest absolute Gasteiger partial charge is 0.493 e. The Hall–Kier alpha value is -1.52. The fourth-order valence-electron chi connectivity index (χ4n) is 2.20. The van der Waals surface area contributed by atoms with E-state index in [1.807, 2.05) is 24.3 Å². The van der Waals surface area contributed by atoms with Crippen LogP contribution in [0, 0.1) is 5.92 Å². The van der Waals surface area contributed by atoms with Crippen molar-refractivity contribution in [3.63, 3.8) is 0 Å².